The fourth-order valence-corrected chi connectivity index (χ4v) is 3.95. The number of piperazine rings is 1. The van der Waals surface area contributed by atoms with Crippen LogP contribution in [-0.4, -0.2) is 38.1 Å². The van der Waals surface area contributed by atoms with Crippen LogP contribution < -0.4 is 10.3 Å². The Kier molecular flexibility index (Phi) is 4.14. The van der Waals surface area contributed by atoms with Gasteiger partial charge in [-0.2, -0.15) is 0 Å². The topological polar surface area (TPSA) is 36.7 Å². The Bertz CT molecular complexity index is 1220. The highest BCUT2D eigenvalue weighted by Gasteiger charge is 2.16. The molecule has 0 spiro atoms. The largest absolute Gasteiger partial charge is 0.455 e. The number of nitrogens with zero attached hydrogens (tertiary/aromatic N) is 2. The summed E-state index contributed by atoms with van der Waals surface area (Å²) in [6.45, 7) is 4.13. The molecule has 1 saturated heterocycles. The minimum absolute atomic E-state index is 0.00740. The molecule has 0 N–H and O–H groups in total. The molecular weight excluding hydrogens is 348 g/mol. The standard InChI is InChI=1S/C24H22N2O2/c1-25-11-13-26(14-12-25)19-7-4-6-18(15-19)23-16-22(27)21-10-9-17-5-2-3-8-20(17)24(21)28-23/h2-10,15-16H,11-14H2,1H3. The molecule has 0 unspecified atom stereocenters. The Labute approximate surface area is 163 Å². The number of benzene rings is 3. The van der Waals surface area contributed by atoms with Crippen LogP contribution in [0.25, 0.3) is 33.1 Å². The molecular formula is C24H22N2O2. The van der Waals surface area contributed by atoms with Gasteiger partial charge in [-0.25, -0.2) is 0 Å². The maximum Gasteiger partial charge on any atom is 0.193 e. The van der Waals surface area contributed by atoms with E-state index < -0.39 is 0 Å². The van der Waals surface area contributed by atoms with E-state index in [1.165, 1.54) is 5.69 Å². The first kappa shape index (κ1) is 17.0. The summed E-state index contributed by atoms with van der Waals surface area (Å²) in [5.41, 5.74) is 2.76. The Morgan fingerprint density at radius 1 is 0.821 bits per heavy atom. The van der Waals surface area contributed by atoms with E-state index in [1.54, 1.807) is 6.07 Å². The van der Waals surface area contributed by atoms with E-state index in [4.69, 9.17) is 4.42 Å². The second kappa shape index (κ2) is 6.80. The van der Waals surface area contributed by atoms with E-state index in [9.17, 15) is 4.79 Å². The Balaban J connectivity index is 1.62. The molecule has 0 amide bonds. The van der Waals surface area contributed by atoms with Crippen LogP contribution in [0.3, 0.4) is 0 Å². The van der Waals surface area contributed by atoms with Crippen molar-refractivity contribution in [1.29, 1.82) is 0 Å². The van der Waals surface area contributed by atoms with Gasteiger partial charge in [-0.15, -0.1) is 0 Å². The molecule has 0 atom stereocenters. The SMILES string of the molecule is CN1CCN(c2cccc(-c3cc(=O)c4ccc5ccccc5c4o3)c2)CC1. The van der Waals surface area contributed by atoms with Gasteiger partial charge in [0, 0.05) is 48.9 Å². The summed E-state index contributed by atoms with van der Waals surface area (Å²) in [7, 11) is 2.15. The number of fused-ring (bicyclic) bond motifs is 3. The van der Waals surface area contributed by atoms with Crippen LogP contribution in [-0.2, 0) is 0 Å². The van der Waals surface area contributed by atoms with Gasteiger partial charge < -0.3 is 14.2 Å². The second-order valence-electron chi connectivity index (χ2n) is 7.48. The first-order valence-corrected chi connectivity index (χ1v) is 9.68. The molecule has 0 aliphatic carbocycles. The molecule has 0 radical (unpaired) electrons. The predicted octanol–water partition coefficient (Wildman–Crippen LogP) is 4.37. The van der Waals surface area contributed by atoms with E-state index in [1.807, 2.05) is 48.5 Å². The summed E-state index contributed by atoms with van der Waals surface area (Å²) >= 11 is 0. The van der Waals surface area contributed by atoms with Crippen LogP contribution in [0.1, 0.15) is 0 Å². The zero-order chi connectivity index (χ0) is 19.1. The molecule has 4 aromatic rings. The highest BCUT2D eigenvalue weighted by atomic mass is 16.3. The summed E-state index contributed by atoms with van der Waals surface area (Å²) in [6, 6.07) is 21.8. The maximum absolute atomic E-state index is 12.8. The van der Waals surface area contributed by atoms with Gasteiger partial charge in [-0.3, -0.25) is 4.79 Å². The highest BCUT2D eigenvalue weighted by Crippen LogP contribution is 2.30. The number of rotatable bonds is 2. The van der Waals surface area contributed by atoms with Crippen LogP contribution in [0, 0.1) is 0 Å². The Morgan fingerprint density at radius 3 is 2.50 bits per heavy atom. The Morgan fingerprint density at radius 2 is 1.64 bits per heavy atom. The first-order valence-electron chi connectivity index (χ1n) is 9.68. The molecule has 1 aliphatic heterocycles. The van der Waals surface area contributed by atoms with E-state index >= 15 is 0 Å². The normalized spacial score (nSPS) is 15.4. The molecule has 0 bridgehead atoms. The summed E-state index contributed by atoms with van der Waals surface area (Å²) in [5.74, 6) is 0.616. The second-order valence-corrected chi connectivity index (χ2v) is 7.48. The van der Waals surface area contributed by atoms with Crippen molar-refractivity contribution in [1.82, 2.24) is 4.90 Å². The highest BCUT2D eigenvalue weighted by molar-refractivity contribution is 6.04. The van der Waals surface area contributed by atoms with Crippen molar-refractivity contribution < 1.29 is 4.42 Å². The molecule has 4 heteroatoms. The molecule has 2 heterocycles. The quantitative estimate of drug-likeness (QED) is 0.491. The van der Waals surface area contributed by atoms with Crippen LogP contribution in [0.5, 0.6) is 0 Å². The average Bonchev–Trinajstić information content (AvgIpc) is 2.74. The van der Waals surface area contributed by atoms with Crippen LogP contribution >= 0.6 is 0 Å². The monoisotopic (exact) mass is 370 g/mol. The molecule has 3 aromatic carbocycles. The first-order chi connectivity index (χ1) is 13.7. The lowest BCUT2D eigenvalue weighted by Crippen LogP contribution is -2.44. The smallest absolute Gasteiger partial charge is 0.193 e. The van der Waals surface area contributed by atoms with Crippen molar-refractivity contribution in [3.05, 3.63) is 77.0 Å². The molecule has 4 nitrogen and oxygen atoms in total. The molecule has 1 fully saturated rings. The van der Waals surface area contributed by atoms with Gasteiger partial charge in [0.15, 0.2) is 5.43 Å². The number of hydrogen-bond acceptors (Lipinski definition) is 4. The minimum atomic E-state index is -0.00740. The number of anilines is 1. The summed E-state index contributed by atoms with van der Waals surface area (Å²) in [5, 5.41) is 2.66. The third-order valence-electron chi connectivity index (χ3n) is 5.62. The van der Waals surface area contributed by atoms with E-state index in [2.05, 4.69) is 29.0 Å². The molecule has 0 saturated carbocycles. The zero-order valence-electron chi connectivity index (χ0n) is 15.9. The minimum Gasteiger partial charge on any atom is -0.455 e. The van der Waals surface area contributed by atoms with Crippen LogP contribution in [0.15, 0.2) is 75.9 Å². The van der Waals surface area contributed by atoms with Crippen molar-refractivity contribution in [2.75, 3.05) is 38.1 Å². The van der Waals surface area contributed by atoms with Crippen molar-refractivity contribution in [2.45, 2.75) is 0 Å². The van der Waals surface area contributed by atoms with E-state index in [0.717, 1.165) is 42.5 Å². The fraction of sp³-hybridized carbons (Fsp3) is 0.208. The molecule has 1 aliphatic rings. The molecule has 1 aromatic heterocycles. The molecule has 140 valence electrons. The van der Waals surface area contributed by atoms with Crippen molar-refractivity contribution in [2.24, 2.45) is 0 Å². The lowest BCUT2D eigenvalue weighted by molar-refractivity contribution is 0.313. The van der Waals surface area contributed by atoms with Crippen molar-refractivity contribution in [3.63, 3.8) is 0 Å². The number of hydrogen-bond donors (Lipinski definition) is 0. The molecule has 5 rings (SSSR count). The van der Waals surface area contributed by atoms with Gasteiger partial charge >= 0.3 is 0 Å². The van der Waals surface area contributed by atoms with Crippen molar-refractivity contribution in [3.8, 4) is 11.3 Å². The molecule has 28 heavy (non-hydrogen) atoms. The average molecular weight is 370 g/mol. The summed E-state index contributed by atoms with van der Waals surface area (Å²) in [6.07, 6.45) is 0. The number of likely N-dealkylation sites (N-methyl/N-ethyl adjacent to an activating group) is 1. The van der Waals surface area contributed by atoms with Gasteiger partial charge in [-0.1, -0.05) is 42.5 Å². The van der Waals surface area contributed by atoms with Gasteiger partial charge in [0.2, 0.25) is 0 Å². The Hall–Kier alpha value is -3.11. The van der Waals surface area contributed by atoms with Gasteiger partial charge in [-0.05, 0) is 30.6 Å². The maximum atomic E-state index is 12.8. The van der Waals surface area contributed by atoms with Gasteiger partial charge in [0.25, 0.3) is 0 Å². The van der Waals surface area contributed by atoms with Gasteiger partial charge in [0.05, 0.1) is 5.39 Å². The van der Waals surface area contributed by atoms with E-state index in [-0.39, 0.29) is 5.43 Å². The third kappa shape index (κ3) is 2.96. The predicted molar refractivity (Wildman–Crippen MR) is 115 cm³/mol. The van der Waals surface area contributed by atoms with Gasteiger partial charge in [0.1, 0.15) is 11.3 Å². The third-order valence-corrected chi connectivity index (χ3v) is 5.62. The lowest BCUT2D eigenvalue weighted by atomic mass is 10.1. The summed E-state index contributed by atoms with van der Waals surface area (Å²) < 4.78 is 6.27. The van der Waals surface area contributed by atoms with Crippen molar-refractivity contribution >= 4 is 27.4 Å². The fourth-order valence-electron chi connectivity index (χ4n) is 3.95. The van der Waals surface area contributed by atoms with E-state index in [0.29, 0.717) is 16.7 Å². The lowest BCUT2D eigenvalue weighted by Gasteiger charge is -2.34. The zero-order valence-corrected chi connectivity index (χ0v) is 15.9. The van der Waals surface area contributed by atoms with Crippen LogP contribution in [0.4, 0.5) is 5.69 Å². The summed E-state index contributed by atoms with van der Waals surface area (Å²) in [4.78, 5) is 17.5. The van der Waals surface area contributed by atoms with Crippen LogP contribution in [0.2, 0.25) is 0 Å².